The molecule has 3 rings (SSSR count). The number of hydrogen-bond acceptors (Lipinski definition) is 1. The van der Waals surface area contributed by atoms with Crippen LogP contribution in [-0.4, -0.2) is 23.5 Å². The molecule has 4 heteroatoms. The summed E-state index contributed by atoms with van der Waals surface area (Å²) in [6, 6.07) is 6.30. The van der Waals surface area contributed by atoms with Gasteiger partial charge < -0.3 is 0 Å². The lowest BCUT2D eigenvalue weighted by Crippen LogP contribution is -2.27. The van der Waals surface area contributed by atoms with Crippen molar-refractivity contribution in [3.63, 3.8) is 0 Å². The van der Waals surface area contributed by atoms with Gasteiger partial charge in [0.2, 0.25) is 0 Å². The van der Waals surface area contributed by atoms with Crippen LogP contribution < -0.4 is 4.90 Å². The summed E-state index contributed by atoms with van der Waals surface area (Å²) in [5.41, 5.74) is 5.85. The molecule has 0 amide bonds. The normalized spacial score (nSPS) is 14.7. The lowest BCUT2D eigenvalue weighted by Gasteiger charge is -2.16. The fourth-order valence-electron chi connectivity index (χ4n) is 3.87. The van der Waals surface area contributed by atoms with Crippen LogP contribution in [0, 0.1) is 39.3 Å². The van der Waals surface area contributed by atoms with Crippen molar-refractivity contribution in [1.29, 1.82) is 0 Å². The zero-order valence-corrected chi connectivity index (χ0v) is 14.9. The minimum atomic E-state index is -0.201. The molecule has 0 saturated carbocycles. The molecule has 1 aliphatic rings. The molecular weight excluding hydrogens is 306 g/mol. The van der Waals surface area contributed by atoms with Crippen LogP contribution in [0.25, 0.3) is 0 Å². The van der Waals surface area contributed by atoms with Gasteiger partial charge in [-0.1, -0.05) is 0 Å². The second kappa shape index (κ2) is 6.00. The average molecular weight is 329 g/mol. The van der Waals surface area contributed by atoms with E-state index < -0.39 is 0 Å². The first-order valence-corrected chi connectivity index (χ1v) is 8.21. The molecule has 0 unspecified atom stereocenters. The predicted octanol–water partition coefficient (Wildman–Crippen LogP) is 4.78. The van der Waals surface area contributed by atoms with Crippen molar-refractivity contribution < 1.29 is 13.4 Å². The molecule has 0 radical (unpaired) electrons. The van der Waals surface area contributed by atoms with E-state index in [0.29, 0.717) is 0 Å². The van der Waals surface area contributed by atoms with Gasteiger partial charge in [0.15, 0.2) is 0 Å². The van der Waals surface area contributed by atoms with Gasteiger partial charge in [-0.3, -0.25) is 0 Å². The Bertz CT molecular complexity index is 807. The Balaban J connectivity index is 2.12. The third-order valence-corrected chi connectivity index (χ3v) is 4.78. The van der Waals surface area contributed by atoms with Crippen LogP contribution >= 0.6 is 0 Å². The van der Waals surface area contributed by atoms with Gasteiger partial charge in [-0.05, 0) is 74.2 Å². The van der Waals surface area contributed by atoms with E-state index in [1.54, 1.807) is 24.3 Å². The Morgan fingerprint density at radius 3 is 1.75 bits per heavy atom. The second-order valence-corrected chi connectivity index (χ2v) is 6.63. The van der Waals surface area contributed by atoms with Crippen LogP contribution in [0.3, 0.4) is 0 Å². The van der Waals surface area contributed by atoms with E-state index in [1.165, 1.54) is 0 Å². The zero-order chi connectivity index (χ0) is 17.6. The SMILES string of the molecule is CC1=[N+](c2c(C)cc(F)cc2C)CCN1c1c(C)cc(F)cc1C. The Kier molecular flexibility index (Phi) is 4.16. The highest BCUT2D eigenvalue weighted by atomic mass is 19.1. The molecule has 0 aromatic heterocycles. The van der Waals surface area contributed by atoms with Crippen molar-refractivity contribution >= 4 is 17.2 Å². The first kappa shape index (κ1) is 16.6. The maximum Gasteiger partial charge on any atom is 0.254 e. The third-order valence-electron chi connectivity index (χ3n) is 4.78. The molecule has 126 valence electrons. The largest absolute Gasteiger partial charge is 0.254 e. The molecule has 0 atom stereocenters. The smallest absolute Gasteiger partial charge is 0.227 e. The van der Waals surface area contributed by atoms with E-state index in [2.05, 4.69) is 16.4 Å². The van der Waals surface area contributed by atoms with Gasteiger partial charge in [0, 0.05) is 6.92 Å². The van der Waals surface area contributed by atoms with Crippen molar-refractivity contribution in [1.82, 2.24) is 0 Å². The van der Waals surface area contributed by atoms with Gasteiger partial charge in [0.1, 0.15) is 36.1 Å². The molecule has 1 aliphatic heterocycles. The maximum atomic E-state index is 13.6. The highest BCUT2D eigenvalue weighted by Gasteiger charge is 2.33. The number of benzene rings is 2. The summed E-state index contributed by atoms with van der Waals surface area (Å²) < 4.78 is 29.4. The van der Waals surface area contributed by atoms with Crippen molar-refractivity contribution in [2.24, 2.45) is 0 Å². The predicted molar refractivity (Wildman–Crippen MR) is 94.6 cm³/mol. The van der Waals surface area contributed by atoms with E-state index in [0.717, 1.165) is 52.6 Å². The quantitative estimate of drug-likeness (QED) is 0.719. The molecule has 2 aromatic rings. The number of hydrogen-bond donors (Lipinski definition) is 0. The lowest BCUT2D eigenvalue weighted by atomic mass is 10.1. The summed E-state index contributed by atoms with van der Waals surface area (Å²) in [5.74, 6) is 0.686. The second-order valence-electron chi connectivity index (χ2n) is 6.63. The Labute approximate surface area is 142 Å². The number of amidine groups is 1. The van der Waals surface area contributed by atoms with Crippen LogP contribution in [0.4, 0.5) is 20.2 Å². The average Bonchev–Trinajstić information content (AvgIpc) is 2.79. The number of rotatable bonds is 2. The van der Waals surface area contributed by atoms with Crippen LogP contribution in [0.5, 0.6) is 0 Å². The highest BCUT2D eigenvalue weighted by Crippen LogP contribution is 2.31. The third kappa shape index (κ3) is 2.70. The van der Waals surface area contributed by atoms with Gasteiger partial charge in [0.05, 0.1) is 0 Å². The lowest BCUT2D eigenvalue weighted by molar-refractivity contribution is -0.430. The van der Waals surface area contributed by atoms with Crippen molar-refractivity contribution in [2.75, 3.05) is 18.0 Å². The van der Waals surface area contributed by atoms with Crippen LogP contribution in [0.15, 0.2) is 24.3 Å². The molecule has 24 heavy (non-hydrogen) atoms. The van der Waals surface area contributed by atoms with E-state index in [4.69, 9.17) is 0 Å². The van der Waals surface area contributed by atoms with Gasteiger partial charge in [-0.25, -0.2) is 18.3 Å². The first-order valence-electron chi connectivity index (χ1n) is 8.21. The Hall–Kier alpha value is -2.23. The monoisotopic (exact) mass is 329 g/mol. The van der Waals surface area contributed by atoms with Crippen LogP contribution in [0.1, 0.15) is 29.2 Å². The number of anilines is 1. The standard InChI is InChI=1S/C20H23F2N2/c1-12-8-17(21)9-13(2)19(12)23-6-7-24(16(23)5)20-14(3)10-18(22)11-15(20)4/h8-11H,6-7H2,1-5H3/q+1. The Morgan fingerprint density at radius 1 is 0.792 bits per heavy atom. The summed E-state index contributed by atoms with van der Waals surface area (Å²) in [7, 11) is 0. The van der Waals surface area contributed by atoms with Gasteiger partial charge in [-0.15, -0.1) is 0 Å². The number of nitrogens with zero attached hydrogens (tertiary/aromatic N) is 2. The Morgan fingerprint density at radius 2 is 1.25 bits per heavy atom. The zero-order valence-electron chi connectivity index (χ0n) is 14.9. The van der Waals surface area contributed by atoms with Gasteiger partial charge >= 0.3 is 0 Å². The highest BCUT2D eigenvalue weighted by molar-refractivity contribution is 5.96. The molecule has 2 nitrogen and oxygen atoms in total. The van der Waals surface area contributed by atoms with Crippen LogP contribution in [0.2, 0.25) is 0 Å². The topological polar surface area (TPSA) is 6.25 Å². The molecule has 0 fully saturated rings. The van der Waals surface area contributed by atoms with Crippen molar-refractivity contribution in [3.8, 4) is 0 Å². The summed E-state index contributed by atoms with van der Waals surface area (Å²) in [6.45, 7) is 11.5. The fourth-order valence-corrected chi connectivity index (χ4v) is 3.87. The fraction of sp³-hybridized carbons (Fsp3) is 0.350. The van der Waals surface area contributed by atoms with E-state index in [9.17, 15) is 8.78 Å². The molecule has 0 aliphatic carbocycles. The number of aryl methyl sites for hydroxylation is 4. The molecule has 0 bridgehead atoms. The minimum absolute atomic E-state index is 0.201. The molecule has 0 N–H and O–H groups in total. The molecule has 0 saturated heterocycles. The van der Waals surface area contributed by atoms with E-state index in [-0.39, 0.29) is 11.6 Å². The van der Waals surface area contributed by atoms with Crippen molar-refractivity contribution in [3.05, 3.63) is 58.2 Å². The molecular formula is C20H23F2N2+. The van der Waals surface area contributed by atoms with Crippen molar-refractivity contribution in [2.45, 2.75) is 34.6 Å². The van der Waals surface area contributed by atoms with Gasteiger partial charge in [-0.2, -0.15) is 0 Å². The first-order chi connectivity index (χ1) is 11.3. The molecule has 1 heterocycles. The van der Waals surface area contributed by atoms with Crippen LogP contribution in [-0.2, 0) is 0 Å². The minimum Gasteiger partial charge on any atom is -0.227 e. The van der Waals surface area contributed by atoms with E-state index in [1.807, 2.05) is 27.7 Å². The summed E-state index contributed by atoms with van der Waals surface area (Å²) >= 11 is 0. The van der Waals surface area contributed by atoms with E-state index >= 15 is 0 Å². The molecule has 2 aromatic carbocycles. The summed E-state index contributed by atoms with van der Waals surface area (Å²) in [5, 5.41) is 0. The molecule has 0 spiro atoms. The number of halogens is 2. The maximum absolute atomic E-state index is 13.6. The van der Waals surface area contributed by atoms with Gasteiger partial charge in [0.25, 0.3) is 5.84 Å². The summed E-state index contributed by atoms with van der Waals surface area (Å²) in [4.78, 5) is 2.23. The summed E-state index contributed by atoms with van der Waals surface area (Å²) in [6.07, 6.45) is 0.